The van der Waals surface area contributed by atoms with Gasteiger partial charge in [0, 0.05) is 11.9 Å². The molecular formula is C21H21ClN2O2. The Morgan fingerprint density at radius 2 is 2.15 bits per heavy atom. The van der Waals surface area contributed by atoms with Crippen molar-refractivity contribution < 1.29 is 9.53 Å². The predicted octanol–water partition coefficient (Wildman–Crippen LogP) is 4.70. The Morgan fingerprint density at radius 1 is 1.31 bits per heavy atom. The van der Waals surface area contributed by atoms with Gasteiger partial charge in [0.15, 0.2) is 0 Å². The average molecular weight is 369 g/mol. The summed E-state index contributed by atoms with van der Waals surface area (Å²) in [4.78, 5) is 12.9. The lowest BCUT2D eigenvalue weighted by Crippen LogP contribution is -2.31. The molecule has 0 fully saturated rings. The Labute approximate surface area is 157 Å². The molecule has 3 aromatic rings. The Morgan fingerprint density at radius 3 is 2.92 bits per heavy atom. The number of halogens is 1. The van der Waals surface area contributed by atoms with Gasteiger partial charge < -0.3 is 14.6 Å². The van der Waals surface area contributed by atoms with Gasteiger partial charge in [-0.05, 0) is 37.1 Å². The maximum Gasteiger partial charge on any atom is 0.268 e. The summed E-state index contributed by atoms with van der Waals surface area (Å²) < 4.78 is 8.07. The van der Waals surface area contributed by atoms with Gasteiger partial charge in [-0.15, -0.1) is 0 Å². The number of amides is 1. The van der Waals surface area contributed by atoms with E-state index in [0.29, 0.717) is 23.8 Å². The van der Waals surface area contributed by atoms with E-state index in [4.69, 9.17) is 16.3 Å². The summed E-state index contributed by atoms with van der Waals surface area (Å²) in [6.45, 7) is 5.28. The zero-order chi connectivity index (χ0) is 18.3. The normalized spacial score (nSPS) is 15.7. The molecule has 26 heavy (non-hydrogen) atoms. The van der Waals surface area contributed by atoms with Crippen LogP contribution >= 0.6 is 11.6 Å². The molecule has 1 aliphatic heterocycles. The molecule has 0 saturated heterocycles. The Balaban J connectivity index is 1.67. The van der Waals surface area contributed by atoms with E-state index in [1.54, 1.807) is 0 Å². The molecule has 0 aliphatic carbocycles. The molecule has 2 heterocycles. The molecule has 4 rings (SSSR count). The fourth-order valence-electron chi connectivity index (χ4n) is 3.51. The van der Waals surface area contributed by atoms with Gasteiger partial charge in [0.1, 0.15) is 17.5 Å². The van der Waals surface area contributed by atoms with Crippen molar-refractivity contribution in [2.75, 3.05) is 0 Å². The van der Waals surface area contributed by atoms with E-state index < -0.39 is 0 Å². The highest BCUT2D eigenvalue weighted by Gasteiger charge is 2.26. The minimum atomic E-state index is -0.0959. The number of hydrogen-bond donors (Lipinski definition) is 1. The van der Waals surface area contributed by atoms with E-state index >= 15 is 0 Å². The van der Waals surface area contributed by atoms with Crippen molar-refractivity contribution in [3.63, 3.8) is 0 Å². The molecule has 0 spiro atoms. The van der Waals surface area contributed by atoms with Crippen LogP contribution in [0.5, 0.6) is 5.75 Å². The molecule has 0 saturated carbocycles. The number of benzene rings is 2. The van der Waals surface area contributed by atoms with Crippen LogP contribution in [0.15, 0.2) is 42.5 Å². The van der Waals surface area contributed by atoms with Crippen LogP contribution in [0.1, 0.15) is 35.0 Å². The molecule has 0 radical (unpaired) electrons. The molecule has 4 nitrogen and oxygen atoms in total. The third kappa shape index (κ3) is 2.95. The van der Waals surface area contributed by atoms with Crippen LogP contribution in [0.4, 0.5) is 0 Å². The first-order valence-electron chi connectivity index (χ1n) is 8.89. The minimum Gasteiger partial charge on any atom is -0.486 e. The van der Waals surface area contributed by atoms with Crippen LogP contribution in [0, 0.1) is 6.92 Å². The van der Waals surface area contributed by atoms with Gasteiger partial charge in [-0.3, -0.25) is 4.79 Å². The van der Waals surface area contributed by atoms with Crippen molar-refractivity contribution in [3.05, 3.63) is 64.3 Å². The zero-order valence-corrected chi connectivity index (χ0v) is 15.6. The number of nitrogens with one attached hydrogen (secondary N) is 1. The molecule has 5 heteroatoms. The van der Waals surface area contributed by atoms with Gasteiger partial charge in [-0.1, -0.05) is 48.4 Å². The lowest BCUT2D eigenvalue weighted by molar-refractivity contribution is 0.0935. The molecule has 0 unspecified atom stereocenters. The maximum atomic E-state index is 12.9. The number of carbonyl (C=O) groups excluding carboxylic acids is 1. The monoisotopic (exact) mass is 368 g/mol. The molecule has 1 aliphatic rings. The largest absolute Gasteiger partial charge is 0.486 e. The minimum absolute atomic E-state index is 0.0580. The van der Waals surface area contributed by atoms with E-state index in [9.17, 15) is 4.79 Å². The molecular weight excluding hydrogens is 348 g/mol. The number of aromatic nitrogens is 1. The maximum absolute atomic E-state index is 12.9. The fourth-order valence-corrected chi connectivity index (χ4v) is 3.72. The Hall–Kier alpha value is -2.46. The number of aryl methyl sites for hydroxylation is 1. The number of carbonyl (C=O) groups is 1. The first-order chi connectivity index (χ1) is 12.6. The smallest absolute Gasteiger partial charge is 0.268 e. The highest BCUT2D eigenvalue weighted by atomic mass is 35.5. The van der Waals surface area contributed by atoms with Crippen molar-refractivity contribution in [1.82, 2.24) is 9.88 Å². The predicted molar refractivity (Wildman–Crippen MR) is 104 cm³/mol. The van der Waals surface area contributed by atoms with Gasteiger partial charge in [0.2, 0.25) is 0 Å². The zero-order valence-electron chi connectivity index (χ0n) is 14.9. The Kier molecular flexibility index (Phi) is 4.37. The van der Waals surface area contributed by atoms with E-state index in [2.05, 4.69) is 18.3 Å². The molecule has 1 aromatic heterocycles. The number of rotatable bonds is 4. The van der Waals surface area contributed by atoms with Crippen LogP contribution in [0.3, 0.4) is 0 Å². The number of nitrogens with zero attached hydrogens (tertiary/aromatic N) is 1. The topological polar surface area (TPSA) is 43.3 Å². The SMILES string of the molecule is CC[C@@H]1Cn2c(C(=O)NCc3cccc(C)c3)cc3c(Cl)ccc(c32)O1. The molecule has 2 aromatic carbocycles. The second-order valence-electron chi connectivity index (χ2n) is 6.77. The summed E-state index contributed by atoms with van der Waals surface area (Å²) in [7, 11) is 0. The second kappa shape index (κ2) is 6.69. The highest BCUT2D eigenvalue weighted by Crippen LogP contribution is 2.38. The molecule has 134 valence electrons. The van der Waals surface area contributed by atoms with Crippen LogP contribution < -0.4 is 10.1 Å². The van der Waals surface area contributed by atoms with Gasteiger partial charge in [0.05, 0.1) is 17.1 Å². The van der Waals surface area contributed by atoms with Gasteiger partial charge in [-0.25, -0.2) is 0 Å². The number of hydrogen-bond acceptors (Lipinski definition) is 2. The fraction of sp³-hybridized carbons (Fsp3) is 0.286. The van der Waals surface area contributed by atoms with Crippen LogP contribution in [-0.4, -0.2) is 16.6 Å². The van der Waals surface area contributed by atoms with E-state index in [1.165, 1.54) is 5.56 Å². The van der Waals surface area contributed by atoms with Crippen molar-refractivity contribution in [2.45, 2.75) is 39.5 Å². The summed E-state index contributed by atoms with van der Waals surface area (Å²) in [6, 6.07) is 13.7. The first kappa shape index (κ1) is 17.0. The summed E-state index contributed by atoms with van der Waals surface area (Å²) in [6.07, 6.45) is 0.939. The molecule has 1 amide bonds. The second-order valence-corrected chi connectivity index (χ2v) is 7.18. The summed E-state index contributed by atoms with van der Waals surface area (Å²) in [5.74, 6) is 0.696. The van der Waals surface area contributed by atoms with Crippen molar-refractivity contribution >= 4 is 28.4 Å². The summed E-state index contributed by atoms with van der Waals surface area (Å²) in [5, 5.41) is 4.52. The van der Waals surface area contributed by atoms with Crippen molar-refractivity contribution in [2.24, 2.45) is 0 Å². The Bertz CT molecular complexity index is 993. The lowest BCUT2D eigenvalue weighted by atomic mass is 10.1. The standard InChI is InChI=1S/C21H21ClN2O2/c1-3-15-12-24-18(10-16-17(22)7-8-19(26-15)20(16)24)21(25)23-11-14-6-4-5-13(2)9-14/h4-10,15H,3,11-12H2,1-2H3,(H,23,25)/t15-/m1/s1. The van der Waals surface area contributed by atoms with Crippen molar-refractivity contribution in [3.8, 4) is 5.75 Å². The lowest BCUT2D eigenvalue weighted by Gasteiger charge is -2.26. The van der Waals surface area contributed by atoms with Gasteiger partial charge in [-0.2, -0.15) is 0 Å². The third-order valence-electron chi connectivity index (χ3n) is 4.87. The molecule has 1 atom stereocenters. The molecule has 0 bridgehead atoms. The summed E-state index contributed by atoms with van der Waals surface area (Å²) in [5.41, 5.74) is 3.80. The van der Waals surface area contributed by atoms with E-state index in [-0.39, 0.29) is 12.0 Å². The first-order valence-corrected chi connectivity index (χ1v) is 9.26. The summed E-state index contributed by atoms with van der Waals surface area (Å²) >= 11 is 6.36. The van der Waals surface area contributed by atoms with E-state index in [1.807, 2.05) is 47.9 Å². The highest BCUT2D eigenvalue weighted by molar-refractivity contribution is 6.36. The molecule has 1 N–H and O–H groups in total. The van der Waals surface area contributed by atoms with Gasteiger partial charge >= 0.3 is 0 Å². The van der Waals surface area contributed by atoms with E-state index in [0.717, 1.165) is 28.6 Å². The third-order valence-corrected chi connectivity index (χ3v) is 5.20. The quantitative estimate of drug-likeness (QED) is 0.725. The van der Waals surface area contributed by atoms with Gasteiger partial charge in [0.25, 0.3) is 5.91 Å². The average Bonchev–Trinajstić information content (AvgIpc) is 3.03. The van der Waals surface area contributed by atoms with Crippen LogP contribution in [0.25, 0.3) is 10.9 Å². The number of ether oxygens (including phenoxy) is 1. The van der Waals surface area contributed by atoms with Crippen LogP contribution in [0.2, 0.25) is 5.02 Å². The van der Waals surface area contributed by atoms with Crippen molar-refractivity contribution in [1.29, 1.82) is 0 Å². The van der Waals surface area contributed by atoms with Crippen LogP contribution in [-0.2, 0) is 13.1 Å².